The molecule has 1 aliphatic rings. The van der Waals surface area contributed by atoms with E-state index in [-0.39, 0.29) is 5.82 Å². The van der Waals surface area contributed by atoms with Gasteiger partial charge in [-0.2, -0.15) is 0 Å². The number of rotatable bonds is 5. The zero-order chi connectivity index (χ0) is 21.2. The lowest BCUT2D eigenvalue weighted by Gasteiger charge is -2.33. The largest absolute Gasteiger partial charge is 0.365 e. The molecule has 4 heterocycles. The summed E-state index contributed by atoms with van der Waals surface area (Å²) in [5, 5.41) is 6.44. The maximum Gasteiger partial charge on any atom is 0.139 e. The minimum atomic E-state index is -0.245. The second-order valence-electron chi connectivity index (χ2n) is 7.73. The van der Waals surface area contributed by atoms with Crippen molar-refractivity contribution in [1.29, 1.82) is 0 Å². The molecule has 6 nitrogen and oxygen atoms in total. The highest BCUT2D eigenvalue weighted by atomic mass is 32.1. The van der Waals surface area contributed by atoms with Gasteiger partial charge in [0.05, 0.1) is 5.39 Å². The summed E-state index contributed by atoms with van der Waals surface area (Å²) < 4.78 is 13.3. The SMILES string of the molecule is CN1CCN(c2ccc(CNc3ncnc4scc(-c5ccc(F)cc5)c34)cn2)CC1. The lowest BCUT2D eigenvalue weighted by molar-refractivity contribution is 0.312. The molecule has 1 aliphatic heterocycles. The average molecular weight is 435 g/mol. The van der Waals surface area contributed by atoms with Gasteiger partial charge in [-0.3, -0.25) is 0 Å². The molecule has 0 aliphatic carbocycles. The Morgan fingerprint density at radius 3 is 2.55 bits per heavy atom. The van der Waals surface area contributed by atoms with Gasteiger partial charge in [0.1, 0.15) is 28.6 Å². The van der Waals surface area contributed by atoms with Gasteiger partial charge >= 0.3 is 0 Å². The van der Waals surface area contributed by atoms with Gasteiger partial charge in [-0.1, -0.05) is 18.2 Å². The number of fused-ring (bicyclic) bond motifs is 1. The summed E-state index contributed by atoms with van der Waals surface area (Å²) in [5.74, 6) is 1.55. The number of anilines is 2. The van der Waals surface area contributed by atoms with E-state index in [0.29, 0.717) is 6.54 Å². The molecule has 0 unspecified atom stereocenters. The number of hydrogen-bond donors (Lipinski definition) is 1. The highest BCUT2D eigenvalue weighted by Gasteiger charge is 2.16. The van der Waals surface area contributed by atoms with E-state index < -0.39 is 0 Å². The van der Waals surface area contributed by atoms with Crippen molar-refractivity contribution >= 4 is 33.2 Å². The van der Waals surface area contributed by atoms with Gasteiger partial charge in [0.15, 0.2) is 0 Å². The van der Waals surface area contributed by atoms with Crippen molar-refractivity contribution in [3.05, 3.63) is 65.7 Å². The van der Waals surface area contributed by atoms with Gasteiger partial charge in [0, 0.05) is 49.9 Å². The van der Waals surface area contributed by atoms with Crippen molar-refractivity contribution in [2.75, 3.05) is 43.4 Å². The fourth-order valence-corrected chi connectivity index (χ4v) is 4.70. The number of halogens is 1. The highest BCUT2D eigenvalue weighted by Crippen LogP contribution is 2.36. The Morgan fingerprint density at radius 2 is 1.81 bits per heavy atom. The highest BCUT2D eigenvalue weighted by molar-refractivity contribution is 7.17. The molecule has 1 N–H and O–H groups in total. The topological polar surface area (TPSA) is 57.2 Å². The van der Waals surface area contributed by atoms with Crippen LogP contribution in [0.5, 0.6) is 0 Å². The van der Waals surface area contributed by atoms with Crippen LogP contribution in [0.1, 0.15) is 5.56 Å². The molecule has 8 heteroatoms. The third kappa shape index (κ3) is 4.22. The normalized spacial score (nSPS) is 14.8. The second-order valence-corrected chi connectivity index (χ2v) is 8.59. The number of likely N-dealkylation sites (N-methyl/N-ethyl adjacent to an activating group) is 1. The lowest BCUT2D eigenvalue weighted by atomic mass is 10.1. The van der Waals surface area contributed by atoms with Gasteiger partial charge in [0.2, 0.25) is 0 Å². The van der Waals surface area contributed by atoms with Crippen molar-refractivity contribution in [2.24, 2.45) is 0 Å². The van der Waals surface area contributed by atoms with Gasteiger partial charge in [-0.15, -0.1) is 11.3 Å². The van der Waals surface area contributed by atoms with E-state index in [1.165, 1.54) is 12.1 Å². The molecule has 1 saturated heterocycles. The molecule has 1 fully saturated rings. The Balaban J connectivity index is 1.34. The minimum Gasteiger partial charge on any atom is -0.365 e. The van der Waals surface area contributed by atoms with E-state index >= 15 is 0 Å². The molecule has 0 radical (unpaired) electrons. The standard InChI is InChI=1S/C23H23FN6S/c1-29-8-10-30(11-9-29)20-7-2-16(12-25-20)13-26-22-21-19(14-31-23(21)28-15-27-22)17-3-5-18(24)6-4-17/h2-7,12,14-15H,8-11,13H2,1H3,(H,26,27,28). The van der Waals surface area contributed by atoms with Crippen LogP contribution in [0.4, 0.5) is 16.0 Å². The van der Waals surface area contributed by atoms with Crippen LogP contribution in [0, 0.1) is 5.82 Å². The van der Waals surface area contributed by atoms with Crippen molar-refractivity contribution in [3.8, 4) is 11.1 Å². The Labute approximate surface area is 184 Å². The number of nitrogens with one attached hydrogen (secondary N) is 1. The Morgan fingerprint density at radius 1 is 1.00 bits per heavy atom. The van der Waals surface area contributed by atoms with Crippen molar-refractivity contribution in [1.82, 2.24) is 19.9 Å². The first kappa shape index (κ1) is 19.8. The van der Waals surface area contributed by atoms with E-state index in [4.69, 9.17) is 0 Å². The molecule has 3 aromatic heterocycles. The van der Waals surface area contributed by atoms with Crippen molar-refractivity contribution in [3.63, 3.8) is 0 Å². The fourth-order valence-electron chi connectivity index (χ4n) is 3.78. The Hall–Kier alpha value is -3.10. The quantitative estimate of drug-likeness (QED) is 0.507. The molecule has 5 rings (SSSR count). The first-order valence-electron chi connectivity index (χ1n) is 10.3. The number of nitrogens with zero attached hydrogens (tertiary/aromatic N) is 5. The number of benzene rings is 1. The predicted octanol–water partition coefficient (Wildman–Crippen LogP) is 4.26. The van der Waals surface area contributed by atoms with Crippen LogP contribution in [0.3, 0.4) is 0 Å². The predicted molar refractivity (Wildman–Crippen MR) is 124 cm³/mol. The number of pyridine rings is 1. The molecule has 0 amide bonds. The second kappa shape index (κ2) is 8.56. The number of aromatic nitrogens is 3. The van der Waals surface area contributed by atoms with E-state index in [0.717, 1.165) is 64.7 Å². The first-order valence-corrected chi connectivity index (χ1v) is 11.2. The fraction of sp³-hybridized carbons (Fsp3) is 0.261. The van der Waals surface area contributed by atoms with E-state index in [1.54, 1.807) is 29.8 Å². The molecule has 158 valence electrons. The zero-order valence-corrected chi connectivity index (χ0v) is 18.1. The van der Waals surface area contributed by atoms with Crippen LogP contribution in [0.2, 0.25) is 0 Å². The van der Waals surface area contributed by atoms with Crippen LogP contribution in [-0.2, 0) is 6.54 Å². The molecule has 0 saturated carbocycles. The zero-order valence-electron chi connectivity index (χ0n) is 17.3. The summed E-state index contributed by atoms with van der Waals surface area (Å²) in [6.45, 7) is 4.74. The van der Waals surface area contributed by atoms with Crippen LogP contribution in [-0.4, -0.2) is 53.1 Å². The number of thiophene rings is 1. The maximum atomic E-state index is 13.3. The molecular weight excluding hydrogens is 411 g/mol. The van der Waals surface area contributed by atoms with E-state index in [1.807, 2.05) is 11.6 Å². The third-order valence-corrected chi connectivity index (χ3v) is 6.51. The third-order valence-electron chi connectivity index (χ3n) is 5.62. The number of hydrogen-bond acceptors (Lipinski definition) is 7. The van der Waals surface area contributed by atoms with Gasteiger partial charge < -0.3 is 15.1 Å². The smallest absolute Gasteiger partial charge is 0.139 e. The Kier molecular flexibility index (Phi) is 5.48. The molecule has 0 bridgehead atoms. The summed E-state index contributed by atoms with van der Waals surface area (Å²) in [7, 11) is 2.15. The molecule has 31 heavy (non-hydrogen) atoms. The molecule has 0 atom stereocenters. The van der Waals surface area contributed by atoms with Gasteiger partial charge in [-0.05, 0) is 36.4 Å². The summed E-state index contributed by atoms with van der Waals surface area (Å²) >= 11 is 1.56. The van der Waals surface area contributed by atoms with Crippen LogP contribution >= 0.6 is 11.3 Å². The van der Waals surface area contributed by atoms with Crippen LogP contribution in [0.15, 0.2) is 54.3 Å². The molecule has 4 aromatic rings. The Bertz CT molecular complexity index is 1170. The van der Waals surface area contributed by atoms with Crippen LogP contribution < -0.4 is 10.2 Å². The molecule has 1 aromatic carbocycles. The average Bonchev–Trinajstić information content (AvgIpc) is 3.24. The number of piperazine rings is 1. The summed E-state index contributed by atoms with van der Waals surface area (Å²) in [6, 6.07) is 10.7. The summed E-state index contributed by atoms with van der Waals surface area (Å²) in [5.41, 5.74) is 3.04. The summed E-state index contributed by atoms with van der Waals surface area (Å²) in [4.78, 5) is 19.1. The molecule has 0 spiro atoms. The van der Waals surface area contributed by atoms with E-state index in [9.17, 15) is 4.39 Å². The van der Waals surface area contributed by atoms with E-state index in [2.05, 4.69) is 49.2 Å². The van der Waals surface area contributed by atoms with Crippen molar-refractivity contribution in [2.45, 2.75) is 6.54 Å². The maximum absolute atomic E-state index is 13.3. The van der Waals surface area contributed by atoms with Crippen molar-refractivity contribution < 1.29 is 4.39 Å². The van der Waals surface area contributed by atoms with Gasteiger partial charge in [0.25, 0.3) is 0 Å². The monoisotopic (exact) mass is 434 g/mol. The summed E-state index contributed by atoms with van der Waals surface area (Å²) in [6.07, 6.45) is 3.50. The minimum absolute atomic E-state index is 0.245. The molecular formula is C23H23FN6S. The van der Waals surface area contributed by atoms with Gasteiger partial charge in [-0.25, -0.2) is 19.3 Å². The lowest BCUT2D eigenvalue weighted by Crippen LogP contribution is -2.44. The van der Waals surface area contributed by atoms with Crippen LogP contribution in [0.25, 0.3) is 21.3 Å². The first-order chi connectivity index (χ1) is 15.2.